The zero-order valence-corrected chi connectivity index (χ0v) is 12.0. The molecule has 0 saturated carbocycles. The van der Waals surface area contributed by atoms with Gasteiger partial charge in [-0.2, -0.15) is 5.26 Å². The van der Waals surface area contributed by atoms with E-state index in [1.165, 1.54) is 11.3 Å². The minimum absolute atomic E-state index is 0.00458. The van der Waals surface area contributed by atoms with Crippen LogP contribution in [0.2, 0.25) is 0 Å². The number of hydrogen-bond acceptors (Lipinski definition) is 3. The summed E-state index contributed by atoms with van der Waals surface area (Å²) in [5, 5.41) is 9.07. The molecular weight excluding hydrogens is 300 g/mol. The van der Waals surface area contributed by atoms with Crippen molar-refractivity contribution in [2.45, 2.75) is 32.2 Å². The van der Waals surface area contributed by atoms with Crippen LogP contribution in [0.3, 0.4) is 0 Å². The Balaban J connectivity index is 2.21. The SMILES string of the molecule is Cc1cc(C(=O)N2CCCCC2C#N)sc1Br. The van der Waals surface area contributed by atoms with Crippen molar-refractivity contribution in [3.8, 4) is 6.07 Å². The first-order chi connectivity index (χ1) is 8.13. The lowest BCUT2D eigenvalue weighted by Gasteiger charge is -2.30. The molecule has 1 amide bonds. The number of aryl methyl sites for hydroxylation is 1. The molecule has 1 fully saturated rings. The lowest BCUT2D eigenvalue weighted by Crippen LogP contribution is -2.42. The lowest BCUT2D eigenvalue weighted by atomic mass is 10.0. The fourth-order valence-corrected chi connectivity index (χ4v) is 3.51. The van der Waals surface area contributed by atoms with Gasteiger partial charge < -0.3 is 4.90 Å². The van der Waals surface area contributed by atoms with Crippen LogP contribution in [-0.4, -0.2) is 23.4 Å². The average Bonchev–Trinajstić information content (AvgIpc) is 2.68. The van der Waals surface area contributed by atoms with Gasteiger partial charge in [-0.1, -0.05) is 0 Å². The number of nitrogens with zero attached hydrogens (tertiary/aromatic N) is 2. The summed E-state index contributed by atoms with van der Waals surface area (Å²) in [4.78, 5) is 14.7. The molecule has 1 unspecified atom stereocenters. The van der Waals surface area contributed by atoms with E-state index in [4.69, 9.17) is 5.26 Å². The standard InChI is InChI=1S/C12H13BrN2OS/c1-8-6-10(17-11(8)13)12(16)15-5-3-2-4-9(15)7-14/h6,9H,2-5H2,1H3. The van der Waals surface area contributed by atoms with Crippen molar-refractivity contribution in [3.63, 3.8) is 0 Å². The van der Waals surface area contributed by atoms with E-state index >= 15 is 0 Å². The van der Waals surface area contributed by atoms with Gasteiger partial charge in [0.1, 0.15) is 6.04 Å². The smallest absolute Gasteiger partial charge is 0.265 e. The molecule has 0 spiro atoms. The highest BCUT2D eigenvalue weighted by Crippen LogP contribution is 2.29. The van der Waals surface area contributed by atoms with Crippen LogP contribution in [0.4, 0.5) is 0 Å². The minimum Gasteiger partial charge on any atom is -0.322 e. The predicted molar refractivity (Wildman–Crippen MR) is 71.0 cm³/mol. The zero-order chi connectivity index (χ0) is 12.4. The topological polar surface area (TPSA) is 44.1 Å². The van der Waals surface area contributed by atoms with Crippen molar-refractivity contribution < 1.29 is 4.79 Å². The van der Waals surface area contributed by atoms with E-state index in [0.29, 0.717) is 6.54 Å². The number of halogens is 1. The summed E-state index contributed by atoms with van der Waals surface area (Å²) in [6.07, 6.45) is 2.83. The number of amides is 1. The Kier molecular flexibility index (Phi) is 3.85. The van der Waals surface area contributed by atoms with Crippen LogP contribution >= 0.6 is 27.3 Å². The van der Waals surface area contributed by atoms with E-state index in [9.17, 15) is 4.79 Å². The monoisotopic (exact) mass is 312 g/mol. The molecule has 0 bridgehead atoms. The van der Waals surface area contributed by atoms with E-state index < -0.39 is 0 Å². The van der Waals surface area contributed by atoms with Gasteiger partial charge in [0.25, 0.3) is 5.91 Å². The molecule has 0 aromatic carbocycles. The van der Waals surface area contributed by atoms with Gasteiger partial charge in [-0.15, -0.1) is 11.3 Å². The summed E-state index contributed by atoms with van der Waals surface area (Å²) < 4.78 is 0.992. The Morgan fingerprint density at radius 3 is 3.00 bits per heavy atom. The molecular formula is C12H13BrN2OS. The van der Waals surface area contributed by atoms with Gasteiger partial charge >= 0.3 is 0 Å². The van der Waals surface area contributed by atoms with Crippen molar-refractivity contribution in [3.05, 3.63) is 20.3 Å². The van der Waals surface area contributed by atoms with Crippen LogP contribution in [0, 0.1) is 18.3 Å². The summed E-state index contributed by atoms with van der Waals surface area (Å²) in [5.41, 5.74) is 1.07. The van der Waals surface area contributed by atoms with E-state index in [0.717, 1.165) is 33.5 Å². The number of likely N-dealkylation sites (tertiary alicyclic amines) is 1. The predicted octanol–water partition coefficient (Wildman–Crippen LogP) is 3.34. The Hall–Kier alpha value is -0.860. The quantitative estimate of drug-likeness (QED) is 0.798. The second-order valence-electron chi connectivity index (χ2n) is 4.21. The Morgan fingerprint density at radius 1 is 1.65 bits per heavy atom. The highest BCUT2D eigenvalue weighted by molar-refractivity contribution is 9.11. The molecule has 1 aliphatic rings. The van der Waals surface area contributed by atoms with Crippen LogP contribution in [0.15, 0.2) is 9.85 Å². The summed E-state index contributed by atoms with van der Waals surface area (Å²) in [5.74, 6) is -0.00458. The van der Waals surface area contributed by atoms with E-state index in [1.807, 2.05) is 13.0 Å². The molecule has 1 aromatic rings. The third-order valence-electron chi connectivity index (χ3n) is 2.98. The average molecular weight is 313 g/mol. The van der Waals surface area contributed by atoms with Crippen LogP contribution in [-0.2, 0) is 0 Å². The summed E-state index contributed by atoms with van der Waals surface area (Å²) >= 11 is 4.87. The van der Waals surface area contributed by atoms with Crippen LogP contribution in [0.5, 0.6) is 0 Å². The number of hydrogen-bond donors (Lipinski definition) is 0. The van der Waals surface area contributed by atoms with Gasteiger partial charge in [-0.25, -0.2) is 0 Å². The Labute approximate surface area is 113 Å². The fraction of sp³-hybridized carbons (Fsp3) is 0.500. The summed E-state index contributed by atoms with van der Waals surface area (Å²) in [7, 11) is 0. The first-order valence-corrected chi connectivity index (χ1v) is 7.21. The molecule has 1 aliphatic heterocycles. The first kappa shape index (κ1) is 12.6. The third-order valence-corrected chi connectivity index (χ3v) is 5.11. The van der Waals surface area contributed by atoms with E-state index in [-0.39, 0.29) is 11.9 Å². The van der Waals surface area contributed by atoms with Crippen molar-refractivity contribution in [2.75, 3.05) is 6.54 Å². The number of carbonyl (C=O) groups excluding carboxylic acids is 1. The maximum Gasteiger partial charge on any atom is 0.265 e. The minimum atomic E-state index is -0.252. The number of carbonyl (C=O) groups is 1. The molecule has 0 N–H and O–H groups in total. The number of thiophene rings is 1. The molecule has 1 aromatic heterocycles. The number of rotatable bonds is 1. The molecule has 0 radical (unpaired) electrons. The molecule has 17 heavy (non-hydrogen) atoms. The first-order valence-electron chi connectivity index (χ1n) is 5.60. The highest BCUT2D eigenvalue weighted by Gasteiger charge is 2.28. The maximum atomic E-state index is 12.3. The van der Waals surface area contributed by atoms with E-state index in [1.54, 1.807) is 4.90 Å². The highest BCUT2D eigenvalue weighted by atomic mass is 79.9. The molecule has 1 atom stereocenters. The lowest BCUT2D eigenvalue weighted by molar-refractivity contribution is 0.0675. The Bertz CT molecular complexity index is 458. The second kappa shape index (κ2) is 5.19. The Morgan fingerprint density at radius 2 is 2.41 bits per heavy atom. The molecule has 1 saturated heterocycles. The maximum absolute atomic E-state index is 12.3. The van der Waals surface area contributed by atoms with Crippen molar-refractivity contribution in [1.82, 2.24) is 4.90 Å². The van der Waals surface area contributed by atoms with Gasteiger partial charge in [0.05, 0.1) is 14.7 Å². The van der Waals surface area contributed by atoms with Gasteiger partial charge in [-0.3, -0.25) is 4.79 Å². The van der Waals surface area contributed by atoms with Crippen molar-refractivity contribution in [2.24, 2.45) is 0 Å². The molecule has 2 rings (SSSR count). The summed E-state index contributed by atoms with van der Waals surface area (Å²) in [6, 6.07) is 3.86. The van der Waals surface area contributed by atoms with Crippen molar-refractivity contribution in [1.29, 1.82) is 5.26 Å². The second-order valence-corrected chi connectivity index (χ2v) is 6.58. The van der Waals surface area contributed by atoms with Gasteiger partial charge in [0.15, 0.2) is 0 Å². The molecule has 0 aliphatic carbocycles. The van der Waals surface area contributed by atoms with Crippen molar-refractivity contribution >= 4 is 33.2 Å². The van der Waals surface area contributed by atoms with Gasteiger partial charge in [0, 0.05) is 6.54 Å². The number of nitriles is 1. The molecule has 5 heteroatoms. The molecule has 90 valence electrons. The molecule has 2 heterocycles. The van der Waals surface area contributed by atoms with Gasteiger partial charge in [0.2, 0.25) is 0 Å². The van der Waals surface area contributed by atoms with E-state index in [2.05, 4.69) is 22.0 Å². The number of piperidine rings is 1. The van der Waals surface area contributed by atoms with Gasteiger partial charge in [-0.05, 0) is 53.7 Å². The van der Waals surface area contributed by atoms with Crippen LogP contribution < -0.4 is 0 Å². The van der Waals surface area contributed by atoms with Crippen LogP contribution in [0.1, 0.15) is 34.5 Å². The van der Waals surface area contributed by atoms with Crippen LogP contribution in [0.25, 0.3) is 0 Å². The third kappa shape index (κ3) is 2.53. The fourth-order valence-electron chi connectivity index (χ4n) is 2.02. The normalized spacial score (nSPS) is 20.1. The molecule has 3 nitrogen and oxygen atoms in total. The zero-order valence-electron chi connectivity index (χ0n) is 9.57. The largest absolute Gasteiger partial charge is 0.322 e. The summed E-state index contributed by atoms with van der Waals surface area (Å²) in [6.45, 7) is 2.67.